The molecule has 1 heterocycles. The first kappa shape index (κ1) is 19.7. The summed E-state index contributed by atoms with van der Waals surface area (Å²) in [5.74, 6) is 0.653. The standard InChI is InChI=1S/C19H18F3N3O3/c1-11-4-3-5-13(17(11)20)25-18-12-8-16(27-6-7-28-19(21)22)15(26-2)9-14(12)23-10-24-18/h3-5,8-10,19H,6-7H2,1-2H3,(H,23,24,25). The van der Waals surface area contributed by atoms with Crippen LogP contribution in [-0.2, 0) is 4.74 Å². The SMILES string of the molecule is COc1cc2ncnc(Nc3cccc(C)c3F)c2cc1OCCOC(F)F. The minimum Gasteiger partial charge on any atom is -0.493 e. The van der Waals surface area contributed by atoms with Gasteiger partial charge in [-0.15, -0.1) is 0 Å². The molecule has 28 heavy (non-hydrogen) atoms. The van der Waals surface area contributed by atoms with Crippen molar-refractivity contribution in [1.82, 2.24) is 9.97 Å². The number of anilines is 2. The Hall–Kier alpha value is -3.07. The van der Waals surface area contributed by atoms with Gasteiger partial charge in [-0.3, -0.25) is 0 Å². The zero-order valence-electron chi connectivity index (χ0n) is 15.2. The molecular weight excluding hydrogens is 375 g/mol. The van der Waals surface area contributed by atoms with Gasteiger partial charge in [0, 0.05) is 11.5 Å². The average molecular weight is 393 g/mol. The van der Waals surface area contributed by atoms with E-state index < -0.39 is 6.61 Å². The van der Waals surface area contributed by atoms with Crippen molar-refractivity contribution in [3.63, 3.8) is 0 Å². The molecule has 0 saturated carbocycles. The molecule has 0 saturated heterocycles. The molecule has 3 aromatic rings. The number of fused-ring (bicyclic) bond motifs is 1. The summed E-state index contributed by atoms with van der Waals surface area (Å²) in [5, 5.41) is 3.51. The number of halogens is 3. The summed E-state index contributed by atoms with van der Waals surface area (Å²) in [6, 6.07) is 8.21. The first-order valence-corrected chi connectivity index (χ1v) is 8.37. The summed E-state index contributed by atoms with van der Waals surface area (Å²) in [7, 11) is 1.45. The summed E-state index contributed by atoms with van der Waals surface area (Å²) < 4.78 is 53.4. The second-order valence-electron chi connectivity index (χ2n) is 5.78. The number of benzene rings is 2. The molecule has 6 nitrogen and oxygen atoms in total. The van der Waals surface area contributed by atoms with E-state index in [1.807, 2.05) is 0 Å². The van der Waals surface area contributed by atoms with E-state index >= 15 is 0 Å². The van der Waals surface area contributed by atoms with Crippen molar-refractivity contribution < 1.29 is 27.4 Å². The normalized spacial score (nSPS) is 11.1. The third-order valence-corrected chi connectivity index (χ3v) is 3.95. The number of methoxy groups -OCH3 is 1. The number of nitrogens with zero attached hydrogens (tertiary/aromatic N) is 2. The van der Waals surface area contributed by atoms with Crippen molar-refractivity contribution in [3.05, 3.63) is 48.0 Å². The van der Waals surface area contributed by atoms with E-state index in [1.165, 1.54) is 13.4 Å². The lowest BCUT2D eigenvalue weighted by molar-refractivity contribution is -0.133. The maximum Gasteiger partial charge on any atom is 0.345 e. The zero-order chi connectivity index (χ0) is 20.1. The van der Waals surface area contributed by atoms with Gasteiger partial charge in [0.1, 0.15) is 24.6 Å². The number of aryl methyl sites for hydroxylation is 1. The first-order chi connectivity index (χ1) is 13.5. The summed E-state index contributed by atoms with van der Waals surface area (Å²) in [6.45, 7) is -1.59. The Morgan fingerprint density at radius 2 is 1.93 bits per heavy atom. The van der Waals surface area contributed by atoms with Crippen LogP contribution >= 0.6 is 0 Å². The fourth-order valence-corrected chi connectivity index (χ4v) is 2.60. The van der Waals surface area contributed by atoms with Crippen LogP contribution in [0, 0.1) is 12.7 Å². The molecule has 3 rings (SSSR count). The van der Waals surface area contributed by atoms with Crippen molar-refractivity contribution in [2.45, 2.75) is 13.5 Å². The molecule has 1 aromatic heterocycles. The molecule has 0 amide bonds. The molecule has 0 unspecified atom stereocenters. The fraction of sp³-hybridized carbons (Fsp3) is 0.263. The smallest absolute Gasteiger partial charge is 0.345 e. The largest absolute Gasteiger partial charge is 0.493 e. The third-order valence-electron chi connectivity index (χ3n) is 3.95. The van der Waals surface area contributed by atoms with Crippen molar-refractivity contribution in [3.8, 4) is 11.5 Å². The molecule has 0 fully saturated rings. The lowest BCUT2D eigenvalue weighted by Gasteiger charge is -2.14. The van der Waals surface area contributed by atoms with Crippen LogP contribution in [0.5, 0.6) is 11.5 Å². The fourth-order valence-electron chi connectivity index (χ4n) is 2.60. The van der Waals surface area contributed by atoms with Gasteiger partial charge in [-0.1, -0.05) is 12.1 Å². The van der Waals surface area contributed by atoms with Gasteiger partial charge in [0.2, 0.25) is 0 Å². The topological polar surface area (TPSA) is 65.5 Å². The van der Waals surface area contributed by atoms with Crippen molar-refractivity contribution in [2.24, 2.45) is 0 Å². The highest BCUT2D eigenvalue weighted by molar-refractivity contribution is 5.93. The van der Waals surface area contributed by atoms with Gasteiger partial charge in [0.25, 0.3) is 0 Å². The summed E-state index contributed by atoms with van der Waals surface area (Å²) in [4.78, 5) is 8.37. The highest BCUT2D eigenvalue weighted by atomic mass is 19.3. The van der Waals surface area contributed by atoms with E-state index in [4.69, 9.17) is 9.47 Å². The third kappa shape index (κ3) is 4.42. The van der Waals surface area contributed by atoms with Crippen LogP contribution in [0.2, 0.25) is 0 Å². The molecule has 0 aliphatic heterocycles. The number of alkyl halides is 2. The zero-order valence-corrected chi connectivity index (χ0v) is 15.2. The number of hydrogen-bond donors (Lipinski definition) is 1. The predicted octanol–water partition coefficient (Wildman–Crippen LogP) is 4.45. The molecule has 0 aliphatic rings. The molecule has 9 heteroatoms. The Kier molecular flexibility index (Phi) is 6.15. The maximum absolute atomic E-state index is 14.3. The Morgan fingerprint density at radius 1 is 1.11 bits per heavy atom. The molecule has 1 N–H and O–H groups in total. The quantitative estimate of drug-likeness (QED) is 0.571. The van der Waals surface area contributed by atoms with E-state index in [0.29, 0.717) is 33.8 Å². The van der Waals surface area contributed by atoms with Crippen LogP contribution in [0.4, 0.5) is 24.7 Å². The second kappa shape index (κ2) is 8.75. The van der Waals surface area contributed by atoms with Crippen molar-refractivity contribution in [2.75, 3.05) is 25.6 Å². The molecule has 0 bridgehead atoms. The van der Waals surface area contributed by atoms with Crippen LogP contribution in [0.3, 0.4) is 0 Å². The van der Waals surface area contributed by atoms with E-state index in [0.717, 1.165) is 0 Å². The highest BCUT2D eigenvalue weighted by Crippen LogP contribution is 2.35. The second-order valence-corrected chi connectivity index (χ2v) is 5.78. The van der Waals surface area contributed by atoms with Gasteiger partial charge < -0.3 is 19.5 Å². The van der Waals surface area contributed by atoms with Crippen LogP contribution in [-0.4, -0.2) is 36.9 Å². The Labute approximate surface area is 159 Å². The van der Waals surface area contributed by atoms with E-state index in [1.54, 1.807) is 37.3 Å². The van der Waals surface area contributed by atoms with Crippen LogP contribution < -0.4 is 14.8 Å². The monoisotopic (exact) mass is 393 g/mol. The Morgan fingerprint density at radius 3 is 2.68 bits per heavy atom. The molecule has 2 aromatic carbocycles. The molecular formula is C19H18F3N3O3. The Bertz CT molecular complexity index is 970. The molecule has 0 atom stereocenters. The molecule has 0 radical (unpaired) electrons. The average Bonchev–Trinajstić information content (AvgIpc) is 2.68. The number of rotatable bonds is 8. The lowest BCUT2D eigenvalue weighted by atomic mass is 10.2. The Balaban J connectivity index is 1.93. The van der Waals surface area contributed by atoms with Crippen LogP contribution in [0.1, 0.15) is 5.56 Å². The number of aromatic nitrogens is 2. The summed E-state index contributed by atoms with van der Waals surface area (Å²) >= 11 is 0. The van der Waals surface area contributed by atoms with Gasteiger partial charge in [0.05, 0.1) is 24.9 Å². The first-order valence-electron chi connectivity index (χ1n) is 8.37. The molecule has 148 valence electrons. The van der Waals surface area contributed by atoms with E-state index in [2.05, 4.69) is 20.0 Å². The lowest BCUT2D eigenvalue weighted by Crippen LogP contribution is -2.10. The van der Waals surface area contributed by atoms with Crippen LogP contribution in [0.15, 0.2) is 36.7 Å². The number of nitrogens with one attached hydrogen (secondary N) is 1. The van der Waals surface area contributed by atoms with Gasteiger partial charge in [0.15, 0.2) is 11.5 Å². The minimum absolute atomic E-state index is 0.102. The van der Waals surface area contributed by atoms with Crippen LogP contribution in [0.25, 0.3) is 10.9 Å². The predicted molar refractivity (Wildman–Crippen MR) is 98.0 cm³/mol. The van der Waals surface area contributed by atoms with Gasteiger partial charge >= 0.3 is 6.61 Å². The van der Waals surface area contributed by atoms with Crippen molar-refractivity contribution >= 4 is 22.4 Å². The molecule has 0 spiro atoms. The highest BCUT2D eigenvalue weighted by Gasteiger charge is 2.14. The number of hydrogen-bond acceptors (Lipinski definition) is 6. The summed E-state index contributed by atoms with van der Waals surface area (Å²) in [5.41, 5.74) is 1.30. The van der Waals surface area contributed by atoms with Gasteiger partial charge in [-0.05, 0) is 24.6 Å². The maximum atomic E-state index is 14.3. The van der Waals surface area contributed by atoms with E-state index in [9.17, 15) is 13.2 Å². The van der Waals surface area contributed by atoms with E-state index in [-0.39, 0.29) is 24.7 Å². The number of ether oxygens (including phenoxy) is 3. The van der Waals surface area contributed by atoms with Crippen molar-refractivity contribution in [1.29, 1.82) is 0 Å². The minimum atomic E-state index is -2.87. The summed E-state index contributed by atoms with van der Waals surface area (Å²) in [6.07, 6.45) is 1.34. The van der Waals surface area contributed by atoms with Gasteiger partial charge in [-0.25, -0.2) is 14.4 Å². The van der Waals surface area contributed by atoms with Gasteiger partial charge in [-0.2, -0.15) is 8.78 Å². The molecule has 0 aliphatic carbocycles.